The summed E-state index contributed by atoms with van der Waals surface area (Å²) in [5.41, 5.74) is 2.03. The van der Waals surface area contributed by atoms with E-state index in [9.17, 15) is 4.79 Å². The first-order chi connectivity index (χ1) is 5.79. The molecule has 1 aliphatic rings. The molecule has 1 atom stereocenters. The maximum atomic E-state index is 11.1. The molecular formula is C10H9NO. The van der Waals surface area contributed by atoms with Crippen LogP contribution in [-0.2, 0) is 4.79 Å². The van der Waals surface area contributed by atoms with Gasteiger partial charge in [0.1, 0.15) is 12.3 Å². The molecule has 1 aromatic carbocycles. The minimum absolute atomic E-state index is 0.132. The lowest BCUT2D eigenvalue weighted by Gasteiger charge is -2.02. The second kappa shape index (κ2) is 2.63. The van der Waals surface area contributed by atoms with Crippen LogP contribution in [0.1, 0.15) is 18.4 Å². The normalized spacial score (nSPS) is 19.9. The van der Waals surface area contributed by atoms with E-state index in [2.05, 4.69) is 11.9 Å². The molecule has 0 aliphatic carbocycles. The van der Waals surface area contributed by atoms with Crippen LogP contribution in [0.25, 0.3) is 0 Å². The predicted molar refractivity (Wildman–Crippen MR) is 46.7 cm³/mol. The predicted octanol–water partition coefficient (Wildman–Crippen LogP) is 1.82. The van der Waals surface area contributed by atoms with Gasteiger partial charge in [-0.2, -0.15) is 0 Å². The van der Waals surface area contributed by atoms with Crippen LogP contribution >= 0.6 is 0 Å². The van der Waals surface area contributed by atoms with Crippen molar-refractivity contribution >= 4 is 11.5 Å². The number of ketones is 1. The van der Waals surface area contributed by atoms with Gasteiger partial charge in [0.25, 0.3) is 0 Å². The second-order valence-electron chi connectivity index (χ2n) is 2.90. The van der Waals surface area contributed by atoms with Gasteiger partial charge in [0.15, 0.2) is 0 Å². The van der Waals surface area contributed by atoms with Gasteiger partial charge in [-0.15, -0.1) is 0 Å². The number of benzene rings is 1. The van der Waals surface area contributed by atoms with Crippen molar-refractivity contribution in [1.29, 1.82) is 0 Å². The van der Waals surface area contributed by atoms with E-state index in [4.69, 9.17) is 0 Å². The summed E-state index contributed by atoms with van der Waals surface area (Å²) in [5, 5.41) is 2.96. The number of Topliss-reactive ketones (excluding diaryl/α,β-unsaturated/α-hetero) is 1. The third kappa shape index (κ3) is 0.998. The average molecular weight is 159 g/mol. The molecule has 1 N–H and O–H groups in total. The minimum Gasteiger partial charge on any atom is -0.374 e. The fraction of sp³-hybridized carbons (Fsp3) is 0.200. The quantitative estimate of drug-likeness (QED) is 0.677. The molecule has 0 aromatic heterocycles. The molecule has 1 unspecified atom stereocenters. The number of hydrogen-bond donors (Lipinski definition) is 1. The van der Waals surface area contributed by atoms with Crippen LogP contribution < -0.4 is 5.32 Å². The smallest absolute Gasteiger partial charge is 0.139 e. The SMILES string of the molecule is CC(=O)C1[C]Nc2ccccc21. The van der Waals surface area contributed by atoms with E-state index in [1.807, 2.05) is 24.3 Å². The topological polar surface area (TPSA) is 29.1 Å². The first-order valence-electron chi connectivity index (χ1n) is 3.90. The first kappa shape index (κ1) is 7.35. The Morgan fingerprint density at radius 3 is 3.00 bits per heavy atom. The molecule has 60 valence electrons. The molecule has 1 aliphatic heterocycles. The van der Waals surface area contributed by atoms with E-state index in [0.29, 0.717) is 0 Å². The zero-order valence-corrected chi connectivity index (χ0v) is 6.79. The van der Waals surface area contributed by atoms with Gasteiger partial charge in [0, 0.05) is 5.69 Å². The molecule has 0 amide bonds. The van der Waals surface area contributed by atoms with Gasteiger partial charge in [0.2, 0.25) is 0 Å². The highest BCUT2D eigenvalue weighted by molar-refractivity contribution is 5.89. The van der Waals surface area contributed by atoms with E-state index < -0.39 is 0 Å². The highest BCUT2D eigenvalue weighted by Gasteiger charge is 2.25. The van der Waals surface area contributed by atoms with Crippen molar-refractivity contribution in [3.63, 3.8) is 0 Å². The summed E-state index contributed by atoms with van der Waals surface area (Å²) in [6.45, 7) is 4.51. The van der Waals surface area contributed by atoms with Crippen LogP contribution in [-0.4, -0.2) is 5.78 Å². The number of anilines is 1. The number of hydrogen-bond acceptors (Lipinski definition) is 2. The van der Waals surface area contributed by atoms with Crippen molar-refractivity contribution in [1.82, 2.24) is 0 Å². The van der Waals surface area contributed by atoms with Crippen molar-refractivity contribution in [3.8, 4) is 0 Å². The Balaban J connectivity index is 2.42. The number of carbonyl (C=O) groups excluding carboxylic acids is 1. The van der Waals surface area contributed by atoms with Crippen molar-refractivity contribution in [3.05, 3.63) is 36.4 Å². The third-order valence-corrected chi connectivity index (χ3v) is 2.03. The summed E-state index contributed by atoms with van der Waals surface area (Å²) >= 11 is 0. The molecule has 1 heterocycles. The Labute approximate surface area is 71.6 Å². The van der Waals surface area contributed by atoms with Crippen LogP contribution in [0.15, 0.2) is 24.3 Å². The van der Waals surface area contributed by atoms with Crippen molar-refractivity contribution in [2.45, 2.75) is 12.8 Å². The molecule has 2 rings (SSSR count). The van der Waals surface area contributed by atoms with Crippen molar-refractivity contribution < 1.29 is 4.79 Å². The van der Waals surface area contributed by atoms with Gasteiger partial charge in [-0.25, -0.2) is 0 Å². The summed E-state index contributed by atoms with van der Waals surface area (Å²) in [6.07, 6.45) is 0. The van der Waals surface area contributed by atoms with Gasteiger partial charge in [-0.1, -0.05) is 18.2 Å². The van der Waals surface area contributed by atoms with Crippen LogP contribution in [0.4, 0.5) is 5.69 Å². The molecule has 0 spiro atoms. The highest BCUT2D eigenvalue weighted by atomic mass is 16.1. The Bertz CT molecular complexity index is 319. The summed E-state index contributed by atoms with van der Waals surface area (Å²) in [6, 6.07) is 7.78. The van der Waals surface area contributed by atoms with E-state index in [0.717, 1.165) is 11.3 Å². The molecular weight excluding hydrogens is 150 g/mol. The lowest BCUT2D eigenvalue weighted by Crippen LogP contribution is -2.05. The van der Waals surface area contributed by atoms with Gasteiger partial charge in [-0.05, 0) is 18.6 Å². The third-order valence-electron chi connectivity index (χ3n) is 2.03. The number of carbonyl (C=O) groups is 1. The van der Waals surface area contributed by atoms with Crippen LogP contribution in [0.5, 0.6) is 0 Å². The largest absolute Gasteiger partial charge is 0.374 e. The van der Waals surface area contributed by atoms with Gasteiger partial charge in [0.05, 0.1) is 5.92 Å². The summed E-state index contributed by atoms with van der Waals surface area (Å²) < 4.78 is 0. The van der Waals surface area contributed by atoms with E-state index >= 15 is 0 Å². The van der Waals surface area contributed by atoms with E-state index in [-0.39, 0.29) is 11.7 Å². The zero-order valence-electron chi connectivity index (χ0n) is 6.79. The standard InChI is InChI=1S/C10H9NO/c1-7(12)9-6-11-10-5-3-2-4-8(9)10/h2-5,9,11H,1H3. The highest BCUT2D eigenvalue weighted by Crippen LogP contribution is 2.33. The maximum Gasteiger partial charge on any atom is 0.139 e. The van der Waals surface area contributed by atoms with Crippen molar-refractivity contribution in [2.75, 3.05) is 5.32 Å². The summed E-state index contributed by atoms with van der Waals surface area (Å²) in [7, 11) is 0. The number of rotatable bonds is 1. The zero-order chi connectivity index (χ0) is 8.55. The monoisotopic (exact) mass is 159 g/mol. The average Bonchev–Trinajstić information content (AvgIpc) is 2.47. The Morgan fingerprint density at radius 2 is 2.25 bits per heavy atom. The molecule has 2 radical (unpaired) electrons. The Morgan fingerprint density at radius 1 is 1.50 bits per heavy atom. The van der Waals surface area contributed by atoms with Gasteiger partial charge < -0.3 is 5.32 Å². The van der Waals surface area contributed by atoms with Gasteiger partial charge >= 0.3 is 0 Å². The van der Waals surface area contributed by atoms with Crippen molar-refractivity contribution in [2.24, 2.45) is 0 Å². The maximum absolute atomic E-state index is 11.1. The number of para-hydroxylation sites is 1. The van der Waals surface area contributed by atoms with Crippen LogP contribution in [0.2, 0.25) is 0 Å². The molecule has 0 bridgehead atoms. The Kier molecular flexibility index (Phi) is 1.61. The molecule has 2 heteroatoms. The lowest BCUT2D eigenvalue weighted by molar-refractivity contribution is -0.117. The fourth-order valence-electron chi connectivity index (χ4n) is 1.41. The van der Waals surface area contributed by atoms with Gasteiger partial charge in [-0.3, -0.25) is 4.79 Å². The summed E-state index contributed by atoms with van der Waals surface area (Å²) in [5.74, 6) is -0.0475. The van der Waals surface area contributed by atoms with E-state index in [1.54, 1.807) is 6.92 Å². The molecule has 0 saturated heterocycles. The molecule has 12 heavy (non-hydrogen) atoms. The number of fused-ring (bicyclic) bond motifs is 1. The molecule has 0 fully saturated rings. The molecule has 2 nitrogen and oxygen atoms in total. The van der Waals surface area contributed by atoms with Crippen LogP contribution in [0, 0.1) is 6.54 Å². The second-order valence-corrected chi connectivity index (χ2v) is 2.90. The lowest BCUT2D eigenvalue weighted by atomic mass is 9.98. The van der Waals surface area contributed by atoms with Crippen LogP contribution in [0.3, 0.4) is 0 Å². The number of nitrogens with one attached hydrogen (secondary N) is 1. The molecule has 0 saturated carbocycles. The fourth-order valence-corrected chi connectivity index (χ4v) is 1.41. The summed E-state index contributed by atoms with van der Waals surface area (Å²) in [4.78, 5) is 11.1. The van der Waals surface area contributed by atoms with E-state index in [1.165, 1.54) is 0 Å². The first-order valence-corrected chi connectivity index (χ1v) is 3.90. The molecule has 1 aromatic rings. The minimum atomic E-state index is -0.179. The Hall–Kier alpha value is -1.31.